The van der Waals surface area contributed by atoms with Gasteiger partial charge in [-0.2, -0.15) is 0 Å². The lowest BCUT2D eigenvalue weighted by Crippen LogP contribution is -2.36. The third-order valence-corrected chi connectivity index (χ3v) is 4.44. The summed E-state index contributed by atoms with van der Waals surface area (Å²) in [5.41, 5.74) is 1.45. The molecule has 1 aliphatic carbocycles. The van der Waals surface area contributed by atoms with Gasteiger partial charge in [0, 0.05) is 12.6 Å². The predicted octanol–water partition coefficient (Wildman–Crippen LogP) is 4.35. The molecule has 1 aromatic rings. The first kappa shape index (κ1) is 13.6. The highest BCUT2D eigenvalue weighted by Gasteiger charge is 2.20. The molecular weight excluding hydrogens is 218 g/mol. The summed E-state index contributed by atoms with van der Waals surface area (Å²) in [4.78, 5) is 0. The van der Waals surface area contributed by atoms with Crippen LogP contribution in [0.4, 0.5) is 0 Å². The Labute approximate surface area is 112 Å². The molecule has 0 saturated heterocycles. The van der Waals surface area contributed by atoms with E-state index >= 15 is 0 Å². The summed E-state index contributed by atoms with van der Waals surface area (Å²) < 4.78 is 0. The highest BCUT2D eigenvalue weighted by molar-refractivity contribution is 5.19. The zero-order chi connectivity index (χ0) is 12.8. The van der Waals surface area contributed by atoms with Crippen molar-refractivity contribution < 1.29 is 0 Å². The summed E-state index contributed by atoms with van der Waals surface area (Å²) in [6.45, 7) is 5.77. The van der Waals surface area contributed by atoms with E-state index in [0.29, 0.717) is 5.92 Å². The predicted molar refractivity (Wildman–Crippen MR) is 78.9 cm³/mol. The average molecular weight is 245 g/mol. The molecule has 3 atom stereocenters. The molecule has 0 aromatic heterocycles. The molecule has 18 heavy (non-hydrogen) atoms. The molecule has 0 amide bonds. The van der Waals surface area contributed by atoms with Gasteiger partial charge in [-0.3, -0.25) is 0 Å². The molecule has 1 heteroatoms. The molecule has 1 N–H and O–H groups in total. The molecule has 1 nitrogen and oxygen atoms in total. The van der Waals surface area contributed by atoms with Crippen LogP contribution in [0.25, 0.3) is 0 Å². The quantitative estimate of drug-likeness (QED) is 0.813. The van der Waals surface area contributed by atoms with Crippen molar-refractivity contribution in [1.29, 1.82) is 0 Å². The maximum atomic E-state index is 3.78. The van der Waals surface area contributed by atoms with E-state index in [-0.39, 0.29) is 0 Å². The second-order valence-corrected chi connectivity index (χ2v) is 5.86. The SMILES string of the molecule is CCC1CCCC(NCC(C)c2ccccc2)C1. The summed E-state index contributed by atoms with van der Waals surface area (Å²) in [6, 6.07) is 11.6. The minimum atomic E-state index is 0.619. The van der Waals surface area contributed by atoms with Crippen LogP contribution >= 0.6 is 0 Å². The lowest BCUT2D eigenvalue weighted by atomic mass is 9.84. The van der Waals surface area contributed by atoms with Crippen molar-refractivity contribution in [1.82, 2.24) is 5.32 Å². The topological polar surface area (TPSA) is 12.0 Å². The van der Waals surface area contributed by atoms with Crippen LogP contribution in [0.5, 0.6) is 0 Å². The molecule has 1 aliphatic rings. The fourth-order valence-corrected chi connectivity index (χ4v) is 3.09. The molecule has 0 radical (unpaired) electrons. The molecule has 1 aromatic carbocycles. The van der Waals surface area contributed by atoms with Crippen LogP contribution in [0.15, 0.2) is 30.3 Å². The van der Waals surface area contributed by atoms with E-state index in [2.05, 4.69) is 49.5 Å². The van der Waals surface area contributed by atoms with E-state index in [4.69, 9.17) is 0 Å². The molecule has 1 saturated carbocycles. The van der Waals surface area contributed by atoms with Gasteiger partial charge in [-0.05, 0) is 30.2 Å². The van der Waals surface area contributed by atoms with E-state index in [1.165, 1.54) is 37.7 Å². The van der Waals surface area contributed by atoms with Crippen LogP contribution in [0, 0.1) is 5.92 Å². The molecule has 2 rings (SSSR count). The van der Waals surface area contributed by atoms with Gasteiger partial charge in [-0.1, -0.05) is 63.4 Å². The fraction of sp³-hybridized carbons (Fsp3) is 0.647. The van der Waals surface area contributed by atoms with Crippen LogP contribution in [0.2, 0.25) is 0 Å². The van der Waals surface area contributed by atoms with Crippen molar-refractivity contribution in [3.05, 3.63) is 35.9 Å². The Bertz CT molecular complexity index is 333. The standard InChI is InChI=1S/C17H27N/c1-3-15-8-7-11-17(12-15)18-13-14(2)16-9-5-4-6-10-16/h4-6,9-10,14-15,17-18H,3,7-8,11-13H2,1-2H3. The molecule has 1 fully saturated rings. The summed E-state index contributed by atoms with van der Waals surface area (Å²) in [6.07, 6.45) is 6.97. The van der Waals surface area contributed by atoms with Crippen molar-refractivity contribution >= 4 is 0 Å². The Morgan fingerprint density at radius 3 is 2.72 bits per heavy atom. The van der Waals surface area contributed by atoms with Gasteiger partial charge in [0.2, 0.25) is 0 Å². The lowest BCUT2D eigenvalue weighted by Gasteiger charge is -2.30. The van der Waals surface area contributed by atoms with Crippen molar-refractivity contribution in [3.63, 3.8) is 0 Å². The molecule has 3 unspecified atom stereocenters. The van der Waals surface area contributed by atoms with E-state index in [1.54, 1.807) is 0 Å². The largest absolute Gasteiger partial charge is 0.313 e. The van der Waals surface area contributed by atoms with E-state index < -0.39 is 0 Å². The maximum absolute atomic E-state index is 3.78. The van der Waals surface area contributed by atoms with Crippen molar-refractivity contribution in [2.75, 3.05) is 6.54 Å². The van der Waals surface area contributed by atoms with Gasteiger partial charge in [-0.25, -0.2) is 0 Å². The first-order chi connectivity index (χ1) is 8.79. The van der Waals surface area contributed by atoms with Gasteiger partial charge in [-0.15, -0.1) is 0 Å². The van der Waals surface area contributed by atoms with Crippen molar-refractivity contribution in [2.24, 2.45) is 5.92 Å². The smallest absolute Gasteiger partial charge is 0.00699 e. The summed E-state index contributed by atoms with van der Waals surface area (Å²) in [5.74, 6) is 1.58. The van der Waals surface area contributed by atoms with Gasteiger partial charge in [0.25, 0.3) is 0 Å². The van der Waals surface area contributed by atoms with E-state index in [1.807, 2.05) is 0 Å². The van der Waals surface area contributed by atoms with Crippen molar-refractivity contribution in [3.8, 4) is 0 Å². The third-order valence-electron chi connectivity index (χ3n) is 4.44. The monoisotopic (exact) mass is 245 g/mol. The maximum Gasteiger partial charge on any atom is 0.00699 e. The lowest BCUT2D eigenvalue weighted by molar-refractivity contribution is 0.277. The first-order valence-corrected chi connectivity index (χ1v) is 7.58. The van der Waals surface area contributed by atoms with Crippen LogP contribution in [0.1, 0.15) is 57.4 Å². The number of benzene rings is 1. The molecule has 0 bridgehead atoms. The number of hydrogen-bond donors (Lipinski definition) is 1. The third kappa shape index (κ3) is 3.84. The van der Waals surface area contributed by atoms with E-state index in [9.17, 15) is 0 Å². The van der Waals surface area contributed by atoms with Gasteiger partial charge in [0.05, 0.1) is 0 Å². The molecule has 0 aliphatic heterocycles. The van der Waals surface area contributed by atoms with Gasteiger partial charge >= 0.3 is 0 Å². The Morgan fingerprint density at radius 1 is 1.22 bits per heavy atom. The zero-order valence-corrected chi connectivity index (χ0v) is 11.9. The Morgan fingerprint density at radius 2 is 2.00 bits per heavy atom. The Hall–Kier alpha value is -0.820. The van der Waals surface area contributed by atoms with Crippen LogP contribution in [-0.2, 0) is 0 Å². The zero-order valence-electron chi connectivity index (χ0n) is 11.9. The van der Waals surface area contributed by atoms with E-state index in [0.717, 1.165) is 18.5 Å². The molecule has 0 spiro atoms. The normalized spacial score (nSPS) is 25.9. The fourth-order valence-electron chi connectivity index (χ4n) is 3.09. The van der Waals surface area contributed by atoms with Crippen LogP contribution in [0.3, 0.4) is 0 Å². The number of hydrogen-bond acceptors (Lipinski definition) is 1. The minimum absolute atomic E-state index is 0.619. The highest BCUT2D eigenvalue weighted by atomic mass is 14.9. The Balaban J connectivity index is 1.77. The van der Waals surface area contributed by atoms with Crippen molar-refractivity contribution in [2.45, 2.75) is 57.9 Å². The summed E-state index contributed by atoms with van der Waals surface area (Å²) in [7, 11) is 0. The Kier molecular flexibility index (Phi) is 5.25. The summed E-state index contributed by atoms with van der Waals surface area (Å²) in [5, 5.41) is 3.78. The van der Waals surface area contributed by atoms with Gasteiger partial charge < -0.3 is 5.32 Å². The molecule has 100 valence electrons. The van der Waals surface area contributed by atoms with Gasteiger partial charge in [0.15, 0.2) is 0 Å². The second kappa shape index (κ2) is 6.94. The average Bonchev–Trinajstić information content (AvgIpc) is 2.46. The number of nitrogens with one attached hydrogen (secondary N) is 1. The first-order valence-electron chi connectivity index (χ1n) is 7.58. The highest BCUT2D eigenvalue weighted by Crippen LogP contribution is 2.26. The second-order valence-electron chi connectivity index (χ2n) is 5.86. The minimum Gasteiger partial charge on any atom is -0.313 e. The van der Waals surface area contributed by atoms with Crippen LogP contribution < -0.4 is 5.32 Å². The summed E-state index contributed by atoms with van der Waals surface area (Å²) >= 11 is 0. The molecule has 0 heterocycles. The number of rotatable bonds is 5. The molecular formula is C17H27N. The van der Waals surface area contributed by atoms with Gasteiger partial charge in [0.1, 0.15) is 0 Å². The van der Waals surface area contributed by atoms with Crippen LogP contribution in [-0.4, -0.2) is 12.6 Å².